The van der Waals surface area contributed by atoms with Crippen LogP contribution >= 0.6 is 0 Å². The molecule has 10 heavy (non-hydrogen) atoms. The highest BCUT2D eigenvalue weighted by molar-refractivity contribution is 5.84. The van der Waals surface area contributed by atoms with Gasteiger partial charge in [-0.05, 0) is 13.3 Å². The van der Waals surface area contributed by atoms with Gasteiger partial charge in [0.1, 0.15) is 0 Å². The first-order valence-electron chi connectivity index (χ1n) is 3.48. The highest BCUT2D eigenvalue weighted by Gasteiger charge is 2.43. The molecule has 0 aromatic carbocycles. The van der Waals surface area contributed by atoms with Gasteiger partial charge < -0.3 is 10.0 Å². The highest BCUT2D eigenvalue weighted by Crippen LogP contribution is 2.32. The number of hydrogen-bond donors (Lipinski definition) is 1. The zero-order valence-electron chi connectivity index (χ0n) is 6.42. The van der Waals surface area contributed by atoms with Crippen molar-refractivity contribution in [2.24, 2.45) is 0 Å². The van der Waals surface area contributed by atoms with Crippen molar-refractivity contribution in [3.8, 4) is 0 Å². The monoisotopic (exact) mass is 143 g/mol. The van der Waals surface area contributed by atoms with Gasteiger partial charge in [-0.1, -0.05) is 0 Å². The Morgan fingerprint density at radius 1 is 1.80 bits per heavy atom. The van der Waals surface area contributed by atoms with Gasteiger partial charge in [0.2, 0.25) is 5.91 Å². The number of rotatable bonds is 2. The first-order chi connectivity index (χ1) is 4.60. The summed E-state index contributed by atoms with van der Waals surface area (Å²) in [5.41, 5.74) is -0.0637. The molecule has 58 valence electrons. The number of β-lactam (4-membered cyclic amide) rings is 1. The van der Waals surface area contributed by atoms with E-state index in [0.29, 0.717) is 12.8 Å². The van der Waals surface area contributed by atoms with E-state index in [1.165, 1.54) is 0 Å². The van der Waals surface area contributed by atoms with Crippen LogP contribution in [-0.4, -0.2) is 35.1 Å². The van der Waals surface area contributed by atoms with Crippen molar-refractivity contribution in [3.05, 3.63) is 0 Å². The number of carbonyl (C=O) groups excluding carboxylic acids is 1. The summed E-state index contributed by atoms with van der Waals surface area (Å²) in [6, 6.07) is 0. The fourth-order valence-corrected chi connectivity index (χ4v) is 1.27. The maximum absolute atomic E-state index is 10.8. The van der Waals surface area contributed by atoms with E-state index in [1.807, 2.05) is 6.92 Å². The largest absolute Gasteiger partial charge is 0.396 e. The average Bonchev–Trinajstić information content (AvgIpc) is 1.88. The number of aliphatic hydroxyl groups is 1. The normalized spacial score (nSPS) is 32.3. The van der Waals surface area contributed by atoms with Crippen LogP contribution in [0.3, 0.4) is 0 Å². The predicted octanol–water partition coefficient (Wildman–Crippen LogP) is -0.0104. The van der Waals surface area contributed by atoms with Crippen molar-refractivity contribution < 1.29 is 9.90 Å². The summed E-state index contributed by atoms with van der Waals surface area (Å²) in [5, 5.41) is 8.63. The van der Waals surface area contributed by atoms with Gasteiger partial charge in [0.15, 0.2) is 0 Å². The molecule has 0 aliphatic carbocycles. The van der Waals surface area contributed by atoms with Crippen LogP contribution in [-0.2, 0) is 4.79 Å². The molecule has 1 unspecified atom stereocenters. The third kappa shape index (κ3) is 0.904. The molecule has 1 atom stereocenters. The summed E-state index contributed by atoms with van der Waals surface area (Å²) in [6.45, 7) is 2.15. The lowest BCUT2D eigenvalue weighted by Gasteiger charge is -2.47. The van der Waals surface area contributed by atoms with E-state index in [1.54, 1.807) is 11.9 Å². The Kier molecular flexibility index (Phi) is 1.68. The lowest BCUT2D eigenvalue weighted by Crippen LogP contribution is -2.59. The molecule has 1 N–H and O–H groups in total. The Morgan fingerprint density at radius 2 is 2.40 bits per heavy atom. The van der Waals surface area contributed by atoms with Crippen molar-refractivity contribution in [1.82, 2.24) is 4.90 Å². The maximum atomic E-state index is 10.8. The van der Waals surface area contributed by atoms with Crippen LogP contribution in [0, 0.1) is 0 Å². The van der Waals surface area contributed by atoms with E-state index in [4.69, 9.17) is 5.11 Å². The first-order valence-corrected chi connectivity index (χ1v) is 3.48. The van der Waals surface area contributed by atoms with Gasteiger partial charge in [-0.3, -0.25) is 4.79 Å². The summed E-state index contributed by atoms with van der Waals surface area (Å²) in [6.07, 6.45) is 1.28. The van der Waals surface area contributed by atoms with Gasteiger partial charge in [0.05, 0.1) is 5.54 Å². The zero-order valence-corrected chi connectivity index (χ0v) is 6.42. The van der Waals surface area contributed by atoms with Crippen LogP contribution in [0.4, 0.5) is 0 Å². The van der Waals surface area contributed by atoms with Crippen LogP contribution in [0.15, 0.2) is 0 Å². The second-order valence-corrected chi connectivity index (χ2v) is 3.10. The molecule has 1 fully saturated rings. The molecule has 0 radical (unpaired) electrons. The van der Waals surface area contributed by atoms with Crippen molar-refractivity contribution in [2.75, 3.05) is 13.7 Å². The lowest BCUT2D eigenvalue weighted by atomic mass is 9.84. The minimum atomic E-state index is -0.0637. The highest BCUT2D eigenvalue weighted by atomic mass is 16.3. The van der Waals surface area contributed by atoms with Crippen LogP contribution in [0.1, 0.15) is 19.8 Å². The fraction of sp³-hybridized carbons (Fsp3) is 0.857. The van der Waals surface area contributed by atoms with Gasteiger partial charge in [0, 0.05) is 20.1 Å². The molecule has 1 heterocycles. The second kappa shape index (κ2) is 2.23. The molecule has 0 aromatic heterocycles. The molecule has 1 amide bonds. The van der Waals surface area contributed by atoms with E-state index >= 15 is 0 Å². The summed E-state index contributed by atoms with van der Waals surface area (Å²) < 4.78 is 0. The predicted molar refractivity (Wildman–Crippen MR) is 37.5 cm³/mol. The Hall–Kier alpha value is -0.570. The van der Waals surface area contributed by atoms with Crippen molar-refractivity contribution in [1.29, 1.82) is 0 Å². The quantitative estimate of drug-likeness (QED) is 0.552. The molecule has 0 bridgehead atoms. The van der Waals surface area contributed by atoms with Gasteiger partial charge in [0.25, 0.3) is 0 Å². The summed E-state index contributed by atoms with van der Waals surface area (Å²) in [5.74, 6) is 0.177. The molecule has 0 aromatic rings. The molecule has 3 heteroatoms. The van der Waals surface area contributed by atoms with Gasteiger partial charge in [-0.15, -0.1) is 0 Å². The van der Waals surface area contributed by atoms with Gasteiger partial charge in [-0.2, -0.15) is 0 Å². The van der Waals surface area contributed by atoms with E-state index in [9.17, 15) is 4.79 Å². The minimum absolute atomic E-state index is 0.0637. The average molecular weight is 143 g/mol. The molecular weight excluding hydrogens is 130 g/mol. The van der Waals surface area contributed by atoms with Crippen LogP contribution in [0.2, 0.25) is 0 Å². The number of aliphatic hydroxyl groups excluding tert-OH is 1. The van der Waals surface area contributed by atoms with Crippen molar-refractivity contribution >= 4 is 5.91 Å². The minimum Gasteiger partial charge on any atom is -0.396 e. The SMILES string of the molecule is CN1C(=O)CC1(C)CCO. The smallest absolute Gasteiger partial charge is 0.225 e. The molecule has 0 saturated carbocycles. The third-order valence-corrected chi connectivity index (χ3v) is 2.37. The summed E-state index contributed by atoms with van der Waals surface area (Å²) >= 11 is 0. The van der Waals surface area contributed by atoms with E-state index in [2.05, 4.69) is 0 Å². The Morgan fingerprint density at radius 3 is 2.70 bits per heavy atom. The second-order valence-electron chi connectivity index (χ2n) is 3.10. The Bertz CT molecular complexity index is 158. The molecule has 1 aliphatic rings. The number of carbonyl (C=O) groups is 1. The summed E-state index contributed by atoms with van der Waals surface area (Å²) in [4.78, 5) is 12.5. The van der Waals surface area contributed by atoms with E-state index in [-0.39, 0.29) is 18.1 Å². The lowest BCUT2D eigenvalue weighted by molar-refractivity contribution is -0.153. The first kappa shape index (κ1) is 7.54. The molecule has 1 rings (SSSR count). The Labute approximate surface area is 60.6 Å². The topological polar surface area (TPSA) is 40.5 Å². The summed E-state index contributed by atoms with van der Waals surface area (Å²) in [7, 11) is 1.78. The molecule has 1 saturated heterocycles. The van der Waals surface area contributed by atoms with Crippen molar-refractivity contribution in [3.63, 3.8) is 0 Å². The van der Waals surface area contributed by atoms with E-state index in [0.717, 1.165) is 0 Å². The van der Waals surface area contributed by atoms with Crippen LogP contribution < -0.4 is 0 Å². The molecule has 3 nitrogen and oxygen atoms in total. The maximum Gasteiger partial charge on any atom is 0.225 e. The fourth-order valence-electron chi connectivity index (χ4n) is 1.27. The van der Waals surface area contributed by atoms with Gasteiger partial charge >= 0.3 is 0 Å². The molecule has 1 aliphatic heterocycles. The zero-order chi connectivity index (χ0) is 7.78. The van der Waals surface area contributed by atoms with E-state index < -0.39 is 0 Å². The Balaban J connectivity index is 2.49. The standard InChI is InChI=1S/C7H13NO2/c1-7(3-4-9)5-6(10)8(7)2/h9H,3-5H2,1-2H3. The number of amides is 1. The number of nitrogens with zero attached hydrogens (tertiary/aromatic N) is 1. The van der Waals surface area contributed by atoms with Crippen molar-refractivity contribution in [2.45, 2.75) is 25.3 Å². The number of likely N-dealkylation sites (tertiary alicyclic amines) is 1. The van der Waals surface area contributed by atoms with Gasteiger partial charge in [-0.25, -0.2) is 0 Å². The molecule has 0 spiro atoms. The number of hydrogen-bond acceptors (Lipinski definition) is 2. The van der Waals surface area contributed by atoms with Crippen LogP contribution in [0.5, 0.6) is 0 Å². The molecular formula is C7H13NO2. The van der Waals surface area contributed by atoms with Crippen LogP contribution in [0.25, 0.3) is 0 Å². The third-order valence-electron chi connectivity index (χ3n) is 2.37.